The first-order valence-electron chi connectivity index (χ1n) is 3.04. The van der Waals surface area contributed by atoms with E-state index < -0.39 is 6.09 Å². The lowest BCUT2D eigenvalue weighted by molar-refractivity contribution is 0.0992. The van der Waals surface area contributed by atoms with E-state index in [9.17, 15) is 4.79 Å². The number of likely N-dealkylation sites (N-methyl/N-ethyl adjacent to an activating group) is 1. The summed E-state index contributed by atoms with van der Waals surface area (Å²) in [5.74, 6) is 0. The Labute approximate surface area is 60.4 Å². The molecule has 0 aromatic carbocycles. The molecule has 0 saturated heterocycles. The standard InChI is InChI=1S/C6H13NO3/c1-5(4-10-3)7(2)6(8)9/h5H,4H2,1-3H3,(H,8,9)/t5-/m1/s1. The van der Waals surface area contributed by atoms with Crippen LogP contribution in [-0.4, -0.2) is 42.9 Å². The number of amides is 1. The minimum Gasteiger partial charge on any atom is -0.465 e. The van der Waals surface area contributed by atoms with E-state index in [1.165, 1.54) is 11.9 Å². The second kappa shape index (κ2) is 4.11. The molecule has 0 fully saturated rings. The summed E-state index contributed by atoms with van der Waals surface area (Å²) in [5, 5.41) is 8.45. The first-order chi connectivity index (χ1) is 4.59. The van der Waals surface area contributed by atoms with Gasteiger partial charge < -0.3 is 14.7 Å². The van der Waals surface area contributed by atoms with Crippen molar-refractivity contribution in [3.63, 3.8) is 0 Å². The topological polar surface area (TPSA) is 49.8 Å². The third-order valence-electron chi connectivity index (χ3n) is 1.37. The lowest BCUT2D eigenvalue weighted by atomic mass is 10.3. The Hall–Kier alpha value is -0.770. The van der Waals surface area contributed by atoms with Gasteiger partial charge in [0.1, 0.15) is 0 Å². The molecule has 0 radical (unpaired) electrons. The Kier molecular flexibility index (Phi) is 3.79. The Morgan fingerprint density at radius 2 is 2.30 bits per heavy atom. The third-order valence-corrected chi connectivity index (χ3v) is 1.37. The van der Waals surface area contributed by atoms with Gasteiger partial charge in [-0.2, -0.15) is 0 Å². The van der Waals surface area contributed by atoms with E-state index in [-0.39, 0.29) is 6.04 Å². The van der Waals surface area contributed by atoms with Gasteiger partial charge in [-0.1, -0.05) is 0 Å². The predicted molar refractivity (Wildman–Crippen MR) is 37.1 cm³/mol. The SMILES string of the molecule is COC[C@@H](C)N(C)C(=O)O. The molecule has 1 atom stereocenters. The molecule has 0 heterocycles. The van der Waals surface area contributed by atoms with Crippen LogP contribution >= 0.6 is 0 Å². The summed E-state index contributed by atoms with van der Waals surface area (Å²) < 4.78 is 4.77. The van der Waals surface area contributed by atoms with E-state index in [4.69, 9.17) is 9.84 Å². The third kappa shape index (κ3) is 2.68. The van der Waals surface area contributed by atoms with Gasteiger partial charge in [0.05, 0.1) is 12.6 Å². The molecule has 0 aliphatic carbocycles. The fourth-order valence-corrected chi connectivity index (χ4v) is 0.542. The molecule has 60 valence electrons. The Morgan fingerprint density at radius 1 is 1.80 bits per heavy atom. The van der Waals surface area contributed by atoms with Crippen molar-refractivity contribution in [3.8, 4) is 0 Å². The highest BCUT2D eigenvalue weighted by atomic mass is 16.5. The van der Waals surface area contributed by atoms with Gasteiger partial charge in [0.2, 0.25) is 0 Å². The van der Waals surface area contributed by atoms with Crippen molar-refractivity contribution >= 4 is 6.09 Å². The molecule has 1 N–H and O–H groups in total. The summed E-state index contributed by atoms with van der Waals surface area (Å²) in [4.78, 5) is 11.5. The quantitative estimate of drug-likeness (QED) is 0.637. The fourth-order valence-electron chi connectivity index (χ4n) is 0.542. The van der Waals surface area contributed by atoms with Gasteiger partial charge in [-0.05, 0) is 6.92 Å². The smallest absolute Gasteiger partial charge is 0.407 e. The average Bonchev–Trinajstić information content (AvgIpc) is 1.87. The van der Waals surface area contributed by atoms with Gasteiger partial charge in [-0.25, -0.2) is 4.79 Å². The highest BCUT2D eigenvalue weighted by Gasteiger charge is 2.12. The van der Waals surface area contributed by atoms with Crippen LogP contribution in [0.15, 0.2) is 0 Å². The fraction of sp³-hybridized carbons (Fsp3) is 0.833. The van der Waals surface area contributed by atoms with Gasteiger partial charge >= 0.3 is 6.09 Å². The van der Waals surface area contributed by atoms with E-state index in [0.29, 0.717) is 6.61 Å². The van der Waals surface area contributed by atoms with Gasteiger partial charge in [0.25, 0.3) is 0 Å². The number of hydrogen-bond donors (Lipinski definition) is 1. The van der Waals surface area contributed by atoms with Crippen LogP contribution in [0.2, 0.25) is 0 Å². The Bertz CT molecular complexity index is 116. The van der Waals surface area contributed by atoms with Crippen molar-refractivity contribution in [2.24, 2.45) is 0 Å². The highest BCUT2D eigenvalue weighted by molar-refractivity contribution is 5.64. The average molecular weight is 147 g/mol. The summed E-state index contributed by atoms with van der Waals surface area (Å²) in [6.07, 6.45) is -0.926. The van der Waals surface area contributed by atoms with Crippen LogP contribution in [0.3, 0.4) is 0 Å². The number of rotatable bonds is 3. The molecule has 0 aliphatic rings. The molecule has 0 rings (SSSR count). The molecule has 0 saturated carbocycles. The number of carbonyl (C=O) groups is 1. The molecule has 4 nitrogen and oxygen atoms in total. The van der Waals surface area contributed by atoms with Gasteiger partial charge in [-0.15, -0.1) is 0 Å². The number of nitrogens with zero attached hydrogens (tertiary/aromatic N) is 1. The van der Waals surface area contributed by atoms with Gasteiger partial charge in [-0.3, -0.25) is 0 Å². The van der Waals surface area contributed by atoms with Crippen LogP contribution < -0.4 is 0 Å². The van der Waals surface area contributed by atoms with E-state index in [0.717, 1.165) is 0 Å². The van der Waals surface area contributed by atoms with E-state index in [1.54, 1.807) is 14.0 Å². The van der Waals surface area contributed by atoms with E-state index >= 15 is 0 Å². The molecule has 0 aliphatic heterocycles. The molecule has 0 spiro atoms. The van der Waals surface area contributed by atoms with Crippen LogP contribution in [0.1, 0.15) is 6.92 Å². The van der Waals surface area contributed by atoms with Crippen LogP contribution in [0, 0.1) is 0 Å². The summed E-state index contributed by atoms with van der Waals surface area (Å²) in [5.41, 5.74) is 0. The molecule has 1 amide bonds. The lowest BCUT2D eigenvalue weighted by Crippen LogP contribution is -2.36. The predicted octanol–water partition coefficient (Wildman–Crippen LogP) is 0.631. The summed E-state index contributed by atoms with van der Waals surface area (Å²) in [7, 11) is 3.07. The summed E-state index contributed by atoms with van der Waals surface area (Å²) in [6.45, 7) is 2.22. The van der Waals surface area contributed by atoms with Crippen LogP contribution in [0.25, 0.3) is 0 Å². The first kappa shape index (κ1) is 9.23. The van der Waals surface area contributed by atoms with Crippen molar-refractivity contribution in [2.75, 3.05) is 20.8 Å². The van der Waals surface area contributed by atoms with Crippen LogP contribution in [-0.2, 0) is 4.74 Å². The molecule has 0 aromatic rings. The molecule has 4 heteroatoms. The number of ether oxygens (including phenoxy) is 1. The Morgan fingerprint density at radius 3 is 2.60 bits per heavy atom. The maximum atomic E-state index is 10.3. The monoisotopic (exact) mass is 147 g/mol. The first-order valence-corrected chi connectivity index (χ1v) is 3.04. The summed E-state index contributed by atoms with van der Waals surface area (Å²) >= 11 is 0. The number of methoxy groups -OCH3 is 1. The molecule has 0 unspecified atom stereocenters. The molecule has 0 bridgehead atoms. The number of carboxylic acid groups (broad SMARTS) is 1. The zero-order valence-corrected chi connectivity index (χ0v) is 6.50. The Balaban J connectivity index is 3.69. The van der Waals surface area contributed by atoms with Crippen molar-refractivity contribution < 1.29 is 14.6 Å². The number of hydrogen-bond acceptors (Lipinski definition) is 2. The molecule has 0 aromatic heterocycles. The van der Waals surface area contributed by atoms with Crippen molar-refractivity contribution in [1.29, 1.82) is 0 Å². The molecular weight excluding hydrogens is 134 g/mol. The zero-order valence-electron chi connectivity index (χ0n) is 6.50. The minimum atomic E-state index is -0.926. The zero-order chi connectivity index (χ0) is 8.15. The van der Waals surface area contributed by atoms with Crippen molar-refractivity contribution in [1.82, 2.24) is 4.90 Å². The lowest BCUT2D eigenvalue weighted by Gasteiger charge is -2.20. The van der Waals surface area contributed by atoms with Gasteiger partial charge in [0.15, 0.2) is 0 Å². The van der Waals surface area contributed by atoms with Crippen molar-refractivity contribution in [3.05, 3.63) is 0 Å². The van der Waals surface area contributed by atoms with E-state index in [2.05, 4.69) is 0 Å². The maximum Gasteiger partial charge on any atom is 0.407 e. The second-order valence-electron chi connectivity index (χ2n) is 2.20. The highest BCUT2D eigenvalue weighted by Crippen LogP contribution is 1.94. The maximum absolute atomic E-state index is 10.3. The minimum absolute atomic E-state index is 0.0810. The summed E-state index contributed by atoms with van der Waals surface area (Å²) in [6, 6.07) is -0.0810. The van der Waals surface area contributed by atoms with Crippen LogP contribution in [0.4, 0.5) is 4.79 Å². The van der Waals surface area contributed by atoms with E-state index in [1.807, 2.05) is 0 Å². The van der Waals surface area contributed by atoms with Crippen LogP contribution in [0.5, 0.6) is 0 Å². The second-order valence-corrected chi connectivity index (χ2v) is 2.20. The normalized spacial score (nSPS) is 12.7. The largest absolute Gasteiger partial charge is 0.465 e. The molecule has 10 heavy (non-hydrogen) atoms. The van der Waals surface area contributed by atoms with Crippen molar-refractivity contribution in [2.45, 2.75) is 13.0 Å². The van der Waals surface area contributed by atoms with Gasteiger partial charge in [0, 0.05) is 14.2 Å². The molecular formula is C6H13NO3.